The van der Waals surface area contributed by atoms with Gasteiger partial charge >= 0.3 is 0 Å². The number of pyridine rings is 1. The molecule has 0 saturated heterocycles. The van der Waals surface area contributed by atoms with E-state index in [4.69, 9.17) is 0 Å². The van der Waals surface area contributed by atoms with Gasteiger partial charge in [-0.25, -0.2) is 0 Å². The summed E-state index contributed by atoms with van der Waals surface area (Å²) in [7, 11) is 0. The Bertz CT molecular complexity index is 239. The zero-order valence-corrected chi connectivity index (χ0v) is 7.87. The van der Waals surface area contributed by atoms with Crippen LogP contribution in [0.4, 0.5) is 0 Å². The van der Waals surface area contributed by atoms with Crippen LogP contribution in [0.5, 0.6) is 0 Å². The Hall–Kier alpha value is -0.410. The number of aryl methyl sites for hydroxylation is 1. The second kappa shape index (κ2) is 3.83. The quantitative estimate of drug-likeness (QED) is 0.765. The van der Waals surface area contributed by atoms with Gasteiger partial charge in [-0.2, -0.15) is 0 Å². The lowest BCUT2D eigenvalue weighted by atomic mass is 10.1. The molecule has 1 aromatic rings. The van der Waals surface area contributed by atoms with Crippen LogP contribution in [0.3, 0.4) is 0 Å². The largest absolute Gasteiger partial charge is 0.388 e. The van der Waals surface area contributed by atoms with Crippen LogP contribution < -0.4 is 0 Å². The summed E-state index contributed by atoms with van der Waals surface area (Å²) in [5.41, 5.74) is 1.97. The molecule has 0 saturated carbocycles. The molecule has 0 spiro atoms. The average molecular weight is 216 g/mol. The van der Waals surface area contributed by atoms with Gasteiger partial charge in [-0.1, -0.05) is 15.9 Å². The van der Waals surface area contributed by atoms with Crippen LogP contribution >= 0.6 is 15.9 Å². The maximum atomic E-state index is 9.44. The van der Waals surface area contributed by atoms with Crippen LogP contribution in [0.1, 0.15) is 17.2 Å². The normalized spacial score (nSPS) is 13.0. The van der Waals surface area contributed by atoms with Crippen molar-refractivity contribution in [3.8, 4) is 0 Å². The fourth-order valence-electron chi connectivity index (χ4n) is 0.941. The van der Waals surface area contributed by atoms with Crippen LogP contribution in [-0.2, 0) is 0 Å². The van der Waals surface area contributed by atoms with E-state index < -0.39 is 6.10 Å². The monoisotopic (exact) mass is 215 g/mol. The molecule has 0 radical (unpaired) electrons. The summed E-state index contributed by atoms with van der Waals surface area (Å²) in [6, 6.07) is 1.83. The third kappa shape index (κ3) is 2.01. The summed E-state index contributed by atoms with van der Waals surface area (Å²) >= 11 is 3.22. The number of nitrogens with zero attached hydrogens (tertiary/aromatic N) is 1. The van der Waals surface area contributed by atoms with Gasteiger partial charge in [0.15, 0.2) is 0 Å². The number of aromatic nitrogens is 1. The Kier molecular flexibility index (Phi) is 3.02. The van der Waals surface area contributed by atoms with Gasteiger partial charge in [-0.05, 0) is 24.1 Å². The van der Waals surface area contributed by atoms with Gasteiger partial charge < -0.3 is 5.11 Å². The molecule has 1 rings (SSSR count). The van der Waals surface area contributed by atoms with Gasteiger partial charge in [0.25, 0.3) is 0 Å². The predicted molar refractivity (Wildman–Crippen MR) is 47.7 cm³/mol. The minimum absolute atomic E-state index is 0.419. The van der Waals surface area contributed by atoms with Crippen LogP contribution in [0, 0.1) is 6.92 Å². The van der Waals surface area contributed by atoms with E-state index in [2.05, 4.69) is 20.9 Å². The molecule has 0 amide bonds. The van der Waals surface area contributed by atoms with Gasteiger partial charge in [-0.15, -0.1) is 0 Å². The molecule has 3 heteroatoms. The number of halogens is 1. The molecule has 0 aromatic carbocycles. The van der Waals surface area contributed by atoms with Crippen LogP contribution in [0.25, 0.3) is 0 Å². The van der Waals surface area contributed by atoms with E-state index in [1.165, 1.54) is 0 Å². The SMILES string of the molecule is Cc1cnccc1C(O)CBr. The van der Waals surface area contributed by atoms with E-state index in [1.807, 2.05) is 13.0 Å². The molecule has 1 N–H and O–H groups in total. The fraction of sp³-hybridized carbons (Fsp3) is 0.375. The minimum Gasteiger partial charge on any atom is -0.388 e. The molecule has 1 atom stereocenters. The van der Waals surface area contributed by atoms with Crippen LogP contribution in [-0.4, -0.2) is 15.4 Å². The fourth-order valence-corrected chi connectivity index (χ4v) is 1.29. The maximum absolute atomic E-state index is 9.44. The highest BCUT2D eigenvalue weighted by molar-refractivity contribution is 9.09. The molecule has 1 aromatic heterocycles. The van der Waals surface area contributed by atoms with E-state index in [9.17, 15) is 5.11 Å². The first-order chi connectivity index (χ1) is 5.25. The summed E-state index contributed by atoms with van der Waals surface area (Å²) < 4.78 is 0. The molecule has 0 fully saturated rings. The smallest absolute Gasteiger partial charge is 0.0890 e. The van der Waals surface area contributed by atoms with Crippen LogP contribution in [0.2, 0.25) is 0 Å². The van der Waals surface area contributed by atoms with Crippen molar-refractivity contribution in [3.05, 3.63) is 29.6 Å². The van der Waals surface area contributed by atoms with Crippen molar-refractivity contribution in [2.75, 3.05) is 5.33 Å². The molecule has 0 aliphatic rings. The van der Waals surface area contributed by atoms with Crippen molar-refractivity contribution in [3.63, 3.8) is 0 Å². The lowest BCUT2D eigenvalue weighted by Gasteiger charge is -2.08. The minimum atomic E-state index is -0.419. The molecule has 60 valence electrons. The first-order valence-corrected chi connectivity index (χ1v) is 4.52. The van der Waals surface area contributed by atoms with Crippen LogP contribution in [0.15, 0.2) is 18.5 Å². The summed E-state index contributed by atoms with van der Waals surface area (Å²) in [4.78, 5) is 3.94. The topological polar surface area (TPSA) is 33.1 Å². The number of hydrogen-bond donors (Lipinski definition) is 1. The second-order valence-corrected chi connectivity index (χ2v) is 3.05. The second-order valence-electron chi connectivity index (χ2n) is 2.40. The van der Waals surface area contributed by atoms with Gasteiger partial charge in [0, 0.05) is 17.7 Å². The molecule has 1 heterocycles. The summed E-state index contributed by atoms with van der Waals surface area (Å²) in [5, 5.41) is 10.0. The number of aliphatic hydroxyl groups is 1. The number of hydrogen-bond acceptors (Lipinski definition) is 2. The summed E-state index contributed by atoms with van der Waals surface area (Å²) in [6.45, 7) is 1.94. The van der Waals surface area contributed by atoms with E-state index in [-0.39, 0.29) is 0 Å². The Morgan fingerprint density at radius 2 is 2.45 bits per heavy atom. The molecule has 1 unspecified atom stereocenters. The van der Waals surface area contributed by atoms with Crippen molar-refractivity contribution in [2.24, 2.45) is 0 Å². The first kappa shape index (κ1) is 8.68. The molecule has 2 nitrogen and oxygen atoms in total. The van der Waals surface area contributed by atoms with Gasteiger partial charge in [0.05, 0.1) is 6.10 Å². The van der Waals surface area contributed by atoms with Gasteiger partial charge in [0.1, 0.15) is 0 Å². The van der Waals surface area contributed by atoms with E-state index in [0.717, 1.165) is 11.1 Å². The van der Waals surface area contributed by atoms with Crippen molar-refractivity contribution >= 4 is 15.9 Å². The van der Waals surface area contributed by atoms with Crippen molar-refractivity contribution in [1.29, 1.82) is 0 Å². The number of rotatable bonds is 2. The third-order valence-corrected chi connectivity index (χ3v) is 2.18. The average Bonchev–Trinajstić information content (AvgIpc) is 2.04. The van der Waals surface area contributed by atoms with E-state index in [0.29, 0.717) is 5.33 Å². The molecule has 11 heavy (non-hydrogen) atoms. The highest BCUT2D eigenvalue weighted by Crippen LogP contribution is 2.17. The Labute approximate surface area is 74.4 Å². The Balaban J connectivity index is 2.93. The van der Waals surface area contributed by atoms with Crippen molar-refractivity contribution in [2.45, 2.75) is 13.0 Å². The first-order valence-electron chi connectivity index (χ1n) is 3.40. The predicted octanol–water partition coefficient (Wildman–Crippen LogP) is 1.82. The molecule has 0 aliphatic carbocycles. The molecular weight excluding hydrogens is 206 g/mol. The Morgan fingerprint density at radius 1 is 1.73 bits per heavy atom. The van der Waals surface area contributed by atoms with E-state index in [1.54, 1.807) is 12.4 Å². The molecular formula is C8H10BrNO. The highest BCUT2D eigenvalue weighted by atomic mass is 79.9. The zero-order chi connectivity index (χ0) is 8.27. The standard InChI is InChI=1S/C8H10BrNO/c1-6-5-10-3-2-7(6)8(11)4-9/h2-3,5,8,11H,4H2,1H3. The Morgan fingerprint density at radius 3 is 3.00 bits per heavy atom. The zero-order valence-electron chi connectivity index (χ0n) is 6.29. The lowest BCUT2D eigenvalue weighted by molar-refractivity contribution is 0.204. The maximum Gasteiger partial charge on any atom is 0.0890 e. The van der Waals surface area contributed by atoms with Gasteiger partial charge in [0.2, 0.25) is 0 Å². The highest BCUT2D eigenvalue weighted by Gasteiger charge is 2.06. The van der Waals surface area contributed by atoms with Crippen molar-refractivity contribution < 1.29 is 5.11 Å². The van der Waals surface area contributed by atoms with Gasteiger partial charge in [-0.3, -0.25) is 4.98 Å². The van der Waals surface area contributed by atoms with E-state index >= 15 is 0 Å². The summed E-state index contributed by atoms with van der Waals surface area (Å²) in [6.07, 6.45) is 3.02. The molecule has 0 bridgehead atoms. The number of aliphatic hydroxyl groups excluding tert-OH is 1. The number of alkyl halides is 1. The molecule has 0 aliphatic heterocycles. The lowest BCUT2D eigenvalue weighted by Crippen LogP contribution is -2.00. The third-order valence-electron chi connectivity index (χ3n) is 1.57. The van der Waals surface area contributed by atoms with Crippen molar-refractivity contribution in [1.82, 2.24) is 4.98 Å². The summed E-state index contributed by atoms with van der Waals surface area (Å²) in [5.74, 6) is 0.